The van der Waals surface area contributed by atoms with Gasteiger partial charge in [0.05, 0.1) is 21.5 Å². The number of sulfone groups is 1. The van der Waals surface area contributed by atoms with Gasteiger partial charge >= 0.3 is 0 Å². The Morgan fingerprint density at radius 1 is 1.38 bits per heavy atom. The molecular formula is C11H10Cl2N2O5S. The van der Waals surface area contributed by atoms with Crippen LogP contribution in [0.5, 0.6) is 0 Å². The van der Waals surface area contributed by atoms with Crippen LogP contribution in [0.4, 0.5) is 5.69 Å². The maximum atomic E-state index is 12.0. The van der Waals surface area contributed by atoms with Crippen LogP contribution in [-0.2, 0) is 9.84 Å². The zero-order valence-electron chi connectivity index (χ0n) is 10.5. The fraction of sp³-hybridized carbons (Fsp3) is 0.364. The Bertz CT molecular complexity index is 720. The van der Waals surface area contributed by atoms with Crippen LogP contribution in [0.2, 0.25) is 10.0 Å². The van der Waals surface area contributed by atoms with Gasteiger partial charge in [-0.3, -0.25) is 14.9 Å². The van der Waals surface area contributed by atoms with Crippen LogP contribution in [0.15, 0.2) is 12.1 Å². The summed E-state index contributed by atoms with van der Waals surface area (Å²) in [6.07, 6.45) is 0.317. The average Bonchev–Trinajstić information content (AvgIpc) is 2.71. The highest BCUT2D eigenvalue weighted by Gasteiger charge is 2.30. The summed E-state index contributed by atoms with van der Waals surface area (Å²) in [6.45, 7) is 0. The van der Waals surface area contributed by atoms with Gasteiger partial charge in [0.25, 0.3) is 11.6 Å². The van der Waals surface area contributed by atoms with E-state index in [9.17, 15) is 23.3 Å². The molecule has 0 saturated carbocycles. The van der Waals surface area contributed by atoms with Crippen LogP contribution < -0.4 is 5.32 Å². The Morgan fingerprint density at radius 3 is 2.57 bits per heavy atom. The van der Waals surface area contributed by atoms with Crippen LogP contribution in [0.25, 0.3) is 0 Å². The van der Waals surface area contributed by atoms with E-state index in [1.165, 1.54) is 6.07 Å². The number of halogens is 2. The van der Waals surface area contributed by atoms with Crippen molar-refractivity contribution in [1.82, 2.24) is 5.32 Å². The quantitative estimate of drug-likeness (QED) is 0.659. The van der Waals surface area contributed by atoms with Gasteiger partial charge in [-0.2, -0.15) is 0 Å². The molecule has 0 bridgehead atoms. The molecule has 21 heavy (non-hydrogen) atoms. The standard InChI is InChI=1S/C11H10Cl2N2O5S/c12-8-3-6(4-9(10(8)13)15(17)18)11(16)14-7-1-2-21(19,20)5-7/h3-4,7H,1-2,5H2,(H,14,16). The lowest BCUT2D eigenvalue weighted by molar-refractivity contribution is -0.384. The van der Waals surface area contributed by atoms with Crippen molar-refractivity contribution in [3.63, 3.8) is 0 Å². The molecule has 1 fully saturated rings. The van der Waals surface area contributed by atoms with E-state index in [0.29, 0.717) is 6.42 Å². The Balaban J connectivity index is 2.22. The number of hydrogen-bond acceptors (Lipinski definition) is 5. The van der Waals surface area contributed by atoms with Crippen molar-refractivity contribution < 1.29 is 18.1 Å². The number of nitrogens with one attached hydrogen (secondary N) is 1. The summed E-state index contributed by atoms with van der Waals surface area (Å²) in [4.78, 5) is 22.1. The van der Waals surface area contributed by atoms with Gasteiger partial charge in [0.15, 0.2) is 9.84 Å². The lowest BCUT2D eigenvalue weighted by atomic mass is 10.1. The van der Waals surface area contributed by atoms with Gasteiger partial charge in [-0.25, -0.2) is 8.42 Å². The zero-order valence-corrected chi connectivity index (χ0v) is 12.8. The Labute approximate surface area is 130 Å². The molecule has 1 unspecified atom stereocenters. The molecular weight excluding hydrogens is 343 g/mol. The second-order valence-corrected chi connectivity index (χ2v) is 7.64. The first-order chi connectivity index (χ1) is 9.69. The molecule has 1 N–H and O–H groups in total. The highest BCUT2D eigenvalue weighted by atomic mass is 35.5. The van der Waals surface area contributed by atoms with Crippen molar-refractivity contribution in [3.8, 4) is 0 Å². The fourth-order valence-electron chi connectivity index (χ4n) is 2.02. The summed E-state index contributed by atoms with van der Waals surface area (Å²) >= 11 is 11.4. The molecule has 1 saturated heterocycles. The van der Waals surface area contributed by atoms with Crippen LogP contribution >= 0.6 is 23.2 Å². The van der Waals surface area contributed by atoms with Crippen molar-refractivity contribution >= 4 is 44.6 Å². The molecule has 0 aromatic heterocycles. The Morgan fingerprint density at radius 2 is 2.05 bits per heavy atom. The summed E-state index contributed by atoms with van der Waals surface area (Å²) in [6, 6.07) is 1.71. The van der Waals surface area contributed by atoms with Crippen molar-refractivity contribution in [2.45, 2.75) is 12.5 Å². The van der Waals surface area contributed by atoms with E-state index in [2.05, 4.69) is 5.32 Å². The SMILES string of the molecule is O=C(NC1CCS(=O)(=O)C1)c1cc(Cl)c(Cl)c([N+](=O)[O-])c1. The molecule has 0 radical (unpaired) electrons. The first-order valence-corrected chi connectivity index (χ1v) is 8.42. The second kappa shape index (κ2) is 5.78. The highest BCUT2D eigenvalue weighted by molar-refractivity contribution is 7.91. The molecule has 1 aliphatic rings. The average molecular weight is 353 g/mol. The van der Waals surface area contributed by atoms with Gasteiger partial charge in [-0.05, 0) is 12.5 Å². The molecule has 0 aliphatic carbocycles. The van der Waals surface area contributed by atoms with Crippen LogP contribution in [0.3, 0.4) is 0 Å². The number of amides is 1. The lowest BCUT2D eigenvalue weighted by Crippen LogP contribution is -2.35. The predicted octanol–water partition coefficient (Wildman–Crippen LogP) is 1.82. The number of nitrogens with zero attached hydrogens (tertiary/aromatic N) is 1. The maximum absolute atomic E-state index is 12.0. The highest BCUT2D eigenvalue weighted by Crippen LogP contribution is 2.33. The third-order valence-electron chi connectivity index (χ3n) is 3.04. The van der Waals surface area contributed by atoms with Gasteiger partial charge in [0, 0.05) is 17.7 Å². The third kappa shape index (κ3) is 3.63. The van der Waals surface area contributed by atoms with E-state index in [4.69, 9.17) is 23.2 Å². The van der Waals surface area contributed by atoms with Gasteiger partial charge in [-0.15, -0.1) is 0 Å². The van der Waals surface area contributed by atoms with E-state index in [1.807, 2.05) is 0 Å². The van der Waals surface area contributed by atoms with Crippen molar-refractivity contribution in [3.05, 3.63) is 37.9 Å². The first-order valence-electron chi connectivity index (χ1n) is 5.84. The third-order valence-corrected chi connectivity index (χ3v) is 5.60. The van der Waals surface area contributed by atoms with Crippen molar-refractivity contribution in [2.24, 2.45) is 0 Å². The van der Waals surface area contributed by atoms with E-state index < -0.39 is 32.4 Å². The van der Waals surface area contributed by atoms with E-state index >= 15 is 0 Å². The van der Waals surface area contributed by atoms with Crippen LogP contribution in [0, 0.1) is 10.1 Å². The molecule has 10 heteroatoms. The minimum absolute atomic E-state index is 0.0134. The number of nitro groups is 1. The Kier molecular flexibility index (Phi) is 4.40. The topological polar surface area (TPSA) is 106 Å². The number of rotatable bonds is 3. The molecule has 1 amide bonds. The second-order valence-electron chi connectivity index (χ2n) is 4.62. The summed E-state index contributed by atoms with van der Waals surface area (Å²) in [7, 11) is -3.13. The summed E-state index contributed by atoms with van der Waals surface area (Å²) in [5, 5.41) is 13.0. The number of carbonyl (C=O) groups excluding carboxylic acids is 1. The minimum atomic E-state index is -3.13. The van der Waals surface area contributed by atoms with Gasteiger partial charge in [0.2, 0.25) is 0 Å². The molecule has 1 aliphatic heterocycles. The summed E-state index contributed by atoms with van der Waals surface area (Å²) in [5.74, 6) is -0.750. The number of carbonyl (C=O) groups is 1. The van der Waals surface area contributed by atoms with Crippen molar-refractivity contribution in [2.75, 3.05) is 11.5 Å². The minimum Gasteiger partial charge on any atom is -0.348 e. The lowest BCUT2D eigenvalue weighted by Gasteiger charge is -2.11. The number of nitro benzene ring substituents is 1. The normalized spacial score (nSPS) is 20.2. The fourth-order valence-corrected chi connectivity index (χ4v) is 4.08. The van der Waals surface area contributed by atoms with Gasteiger partial charge in [-0.1, -0.05) is 23.2 Å². The number of hydrogen-bond donors (Lipinski definition) is 1. The van der Waals surface area contributed by atoms with Gasteiger partial charge in [0.1, 0.15) is 5.02 Å². The van der Waals surface area contributed by atoms with E-state index in [0.717, 1.165) is 6.07 Å². The zero-order chi connectivity index (χ0) is 15.8. The van der Waals surface area contributed by atoms with E-state index in [1.54, 1.807) is 0 Å². The van der Waals surface area contributed by atoms with E-state index in [-0.39, 0.29) is 27.1 Å². The predicted molar refractivity (Wildman–Crippen MR) is 77.6 cm³/mol. The molecule has 1 aromatic carbocycles. The Hall–Kier alpha value is -1.38. The molecule has 114 valence electrons. The van der Waals surface area contributed by atoms with Crippen molar-refractivity contribution in [1.29, 1.82) is 0 Å². The first kappa shape index (κ1) is 16.0. The monoisotopic (exact) mass is 352 g/mol. The molecule has 2 rings (SSSR count). The van der Waals surface area contributed by atoms with Crippen LogP contribution in [-0.4, -0.2) is 36.8 Å². The smallest absolute Gasteiger partial charge is 0.290 e. The van der Waals surface area contributed by atoms with Crippen LogP contribution in [0.1, 0.15) is 16.8 Å². The molecule has 1 aromatic rings. The largest absolute Gasteiger partial charge is 0.348 e. The molecule has 7 nitrogen and oxygen atoms in total. The molecule has 0 spiro atoms. The van der Waals surface area contributed by atoms with Gasteiger partial charge < -0.3 is 5.32 Å². The molecule has 1 heterocycles. The summed E-state index contributed by atoms with van der Waals surface area (Å²) in [5.41, 5.74) is -0.520. The summed E-state index contributed by atoms with van der Waals surface area (Å²) < 4.78 is 22.6. The number of benzene rings is 1. The molecule has 1 atom stereocenters. The maximum Gasteiger partial charge on any atom is 0.290 e.